The molecule has 1 aromatic rings. The van der Waals surface area contributed by atoms with Gasteiger partial charge in [0, 0.05) is 25.6 Å². The van der Waals surface area contributed by atoms with Crippen molar-refractivity contribution < 1.29 is 14.3 Å². The molecule has 0 radical (unpaired) electrons. The van der Waals surface area contributed by atoms with Gasteiger partial charge in [0.05, 0.1) is 17.7 Å². The van der Waals surface area contributed by atoms with Crippen LogP contribution in [0, 0.1) is 16.0 Å². The van der Waals surface area contributed by atoms with E-state index in [2.05, 4.69) is 29.1 Å². The Morgan fingerprint density at radius 2 is 2.38 bits per heavy atom. The van der Waals surface area contributed by atoms with E-state index in [4.69, 9.17) is 0 Å². The summed E-state index contributed by atoms with van der Waals surface area (Å²) < 4.78 is 3.79. The van der Waals surface area contributed by atoms with Crippen LogP contribution >= 0.6 is 0 Å². The van der Waals surface area contributed by atoms with Gasteiger partial charge in [-0.05, 0) is 12.3 Å². The molecule has 1 aliphatic heterocycles. The van der Waals surface area contributed by atoms with Gasteiger partial charge in [-0.25, -0.2) is 4.58 Å². The first kappa shape index (κ1) is 18.1. The molecule has 8 heteroatoms. The third-order valence-electron chi connectivity index (χ3n) is 4.00. The number of aryl methyl sites for hydroxylation is 1. The minimum absolute atomic E-state index is 0.0480. The molecule has 24 heavy (non-hydrogen) atoms. The molecule has 0 atom stereocenters. The molecule has 0 aromatic carbocycles. The summed E-state index contributed by atoms with van der Waals surface area (Å²) in [6.07, 6.45) is 5.32. The highest BCUT2D eigenvalue weighted by molar-refractivity contribution is 5.94. The van der Waals surface area contributed by atoms with Crippen LogP contribution in [0.3, 0.4) is 0 Å². The minimum atomic E-state index is -0.464. The molecule has 1 amide bonds. The fourth-order valence-electron chi connectivity index (χ4n) is 2.59. The van der Waals surface area contributed by atoms with E-state index in [9.17, 15) is 14.9 Å². The first-order chi connectivity index (χ1) is 11.5. The summed E-state index contributed by atoms with van der Waals surface area (Å²) in [5.41, 5.74) is 0.292. The van der Waals surface area contributed by atoms with Gasteiger partial charge in [-0.1, -0.05) is 13.8 Å². The van der Waals surface area contributed by atoms with Crippen LogP contribution in [0.25, 0.3) is 0 Å². The zero-order chi connectivity index (χ0) is 17.5. The van der Waals surface area contributed by atoms with E-state index in [1.807, 2.05) is 6.21 Å². The summed E-state index contributed by atoms with van der Waals surface area (Å²) in [6.45, 7) is 7.94. The number of rotatable bonds is 7. The number of carbonyl (C=O) groups is 1. The molecular formula is C16H26N5O3+. The maximum atomic E-state index is 12.4. The molecule has 1 saturated heterocycles. The Kier molecular flexibility index (Phi) is 6.48. The van der Waals surface area contributed by atoms with Crippen LogP contribution in [0.4, 0.5) is 5.69 Å². The average Bonchev–Trinajstić information content (AvgIpc) is 2.98. The fourth-order valence-corrected chi connectivity index (χ4v) is 2.59. The van der Waals surface area contributed by atoms with Crippen molar-refractivity contribution >= 4 is 17.8 Å². The zero-order valence-corrected chi connectivity index (χ0v) is 14.3. The molecule has 0 saturated carbocycles. The van der Waals surface area contributed by atoms with Gasteiger partial charge in [-0.15, -0.1) is 0 Å². The van der Waals surface area contributed by atoms with Crippen molar-refractivity contribution in [3.63, 3.8) is 0 Å². The van der Waals surface area contributed by atoms with Crippen LogP contribution in [0.5, 0.6) is 0 Å². The molecule has 2 heterocycles. The van der Waals surface area contributed by atoms with E-state index in [0.29, 0.717) is 24.7 Å². The van der Waals surface area contributed by atoms with E-state index >= 15 is 0 Å². The highest BCUT2D eigenvalue weighted by Gasteiger charge is 2.19. The Morgan fingerprint density at radius 1 is 1.58 bits per heavy atom. The number of nitrogens with one attached hydrogen (secondary N) is 2. The van der Waals surface area contributed by atoms with Gasteiger partial charge < -0.3 is 9.88 Å². The van der Waals surface area contributed by atoms with Gasteiger partial charge in [0.1, 0.15) is 12.2 Å². The Balaban J connectivity index is 2.01. The van der Waals surface area contributed by atoms with Gasteiger partial charge in [-0.2, -0.15) is 0 Å². The van der Waals surface area contributed by atoms with Crippen molar-refractivity contribution in [1.29, 1.82) is 0 Å². The zero-order valence-electron chi connectivity index (χ0n) is 14.3. The predicted octanol–water partition coefficient (Wildman–Crippen LogP) is 1.21. The van der Waals surface area contributed by atoms with Crippen molar-refractivity contribution in [2.45, 2.75) is 33.2 Å². The van der Waals surface area contributed by atoms with Gasteiger partial charge >= 0.3 is 0 Å². The van der Waals surface area contributed by atoms with Crippen molar-refractivity contribution in [3.05, 3.63) is 28.1 Å². The molecule has 2 N–H and O–H groups in total. The molecule has 2 rings (SSSR count). The molecule has 1 aliphatic rings. The van der Waals surface area contributed by atoms with Gasteiger partial charge in [0.2, 0.25) is 0 Å². The molecule has 0 aliphatic carbocycles. The quantitative estimate of drug-likeness (QED) is 0.445. The second-order valence-electron chi connectivity index (χ2n) is 6.43. The van der Waals surface area contributed by atoms with Crippen LogP contribution < -0.4 is 10.6 Å². The molecule has 1 fully saturated rings. The summed E-state index contributed by atoms with van der Waals surface area (Å²) in [5, 5.41) is 17.1. The maximum Gasteiger partial charge on any atom is 0.287 e. The summed E-state index contributed by atoms with van der Waals surface area (Å²) >= 11 is 0. The van der Waals surface area contributed by atoms with E-state index in [0.717, 1.165) is 32.6 Å². The lowest BCUT2D eigenvalue weighted by Crippen LogP contribution is -2.38. The number of hydrogen-bond donors (Lipinski definition) is 2. The topological polar surface area (TPSA) is 92.2 Å². The molecule has 8 nitrogen and oxygen atoms in total. The first-order valence-corrected chi connectivity index (χ1v) is 8.38. The minimum Gasteiger partial charge on any atom is -0.341 e. The number of nitrogens with zero attached hydrogens (tertiary/aromatic N) is 3. The van der Waals surface area contributed by atoms with E-state index in [-0.39, 0.29) is 11.6 Å². The second-order valence-corrected chi connectivity index (χ2v) is 6.43. The second kappa shape index (κ2) is 8.58. The smallest absolute Gasteiger partial charge is 0.287 e. The Labute approximate surface area is 141 Å². The molecule has 0 unspecified atom stereocenters. The monoisotopic (exact) mass is 336 g/mol. The number of amides is 1. The van der Waals surface area contributed by atoms with Crippen molar-refractivity contribution in [3.8, 4) is 0 Å². The average molecular weight is 336 g/mol. The summed E-state index contributed by atoms with van der Waals surface area (Å²) in [7, 11) is 0. The largest absolute Gasteiger partial charge is 0.341 e. The van der Waals surface area contributed by atoms with E-state index < -0.39 is 4.92 Å². The fraction of sp³-hybridized carbons (Fsp3) is 0.625. The van der Waals surface area contributed by atoms with Gasteiger partial charge in [-0.3, -0.25) is 20.2 Å². The number of hydrogen-bond acceptors (Lipinski definition) is 4. The van der Waals surface area contributed by atoms with Crippen LogP contribution in [-0.4, -0.2) is 52.5 Å². The summed E-state index contributed by atoms with van der Waals surface area (Å²) in [4.78, 5) is 22.9. The number of carbonyl (C=O) groups excluding carboxylic acids is 1. The van der Waals surface area contributed by atoms with Crippen LogP contribution in [0.1, 0.15) is 37.2 Å². The van der Waals surface area contributed by atoms with Gasteiger partial charge in [0.15, 0.2) is 12.9 Å². The molecule has 0 bridgehead atoms. The Morgan fingerprint density at radius 3 is 3.00 bits per heavy atom. The van der Waals surface area contributed by atoms with E-state index in [1.54, 1.807) is 4.57 Å². The Hall–Kier alpha value is -2.22. The van der Waals surface area contributed by atoms with Gasteiger partial charge in [0.25, 0.3) is 11.6 Å². The third kappa shape index (κ3) is 5.16. The maximum absolute atomic E-state index is 12.4. The molecule has 0 spiro atoms. The summed E-state index contributed by atoms with van der Waals surface area (Å²) in [5.74, 6) is 0.176. The highest BCUT2D eigenvalue weighted by atomic mass is 16.6. The van der Waals surface area contributed by atoms with Crippen LogP contribution in [-0.2, 0) is 6.54 Å². The van der Waals surface area contributed by atoms with E-state index in [1.165, 1.54) is 12.3 Å². The van der Waals surface area contributed by atoms with Crippen LogP contribution in [0.15, 0.2) is 12.3 Å². The SMILES string of the molecule is CC(C)CCn1cc([N+](=O)[O-])cc1C(=O)NCC=[N+]1CCCNC1. The predicted molar refractivity (Wildman–Crippen MR) is 91.6 cm³/mol. The molecular weight excluding hydrogens is 310 g/mol. The third-order valence-corrected chi connectivity index (χ3v) is 4.00. The van der Waals surface area contributed by atoms with Crippen molar-refractivity contribution in [2.24, 2.45) is 5.92 Å². The lowest BCUT2D eigenvalue weighted by Gasteiger charge is -2.11. The van der Waals surface area contributed by atoms with Crippen molar-refractivity contribution in [2.75, 3.05) is 26.3 Å². The van der Waals surface area contributed by atoms with Crippen LogP contribution in [0.2, 0.25) is 0 Å². The molecule has 132 valence electrons. The normalized spacial score (nSPS) is 16.5. The first-order valence-electron chi connectivity index (χ1n) is 8.38. The summed E-state index contributed by atoms with van der Waals surface area (Å²) in [6, 6.07) is 1.35. The lowest BCUT2D eigenvalue weighted by molar-refractivity contribution is -0.537. The standard InChI is InChI=1S/C16H25N5O3/c1-13(2)4-8-20-11-14(21(23)24)10-15(20)16(22)18-6-9-19-7-3-5-17-12-19/h9-11,13,17H,3-8,12H2,1-2H3/p+1. The number of aromatic nitrogens is 1. The Bertz CT molecular complexity index is 613. The molecule has 1 aromatic heterocycles. The number of nitro groups is 1. The lowest BCUT2D eigenvalue weighted by atomic mass is 10.1. The van der Waals surface area contributed by atoms with Crippen molar-refractivity contribution in [1.82, 2.24) is 15.2 Å². The highest BCUT2D eigenvalue weighted by Crippen LogP contribution is 2.18.